The fourth-order valence-electron chi connectivity index (χ4n) is 2.10. The fourth-order valence-corrected chi connectivity index (χ4v) is 2.98. The van der Waals surface area contributed by atoms with Crippen LogP contribution in [-0.4, -0.2) is 16.6 Å². The van der Waals surface area contributed by atoms with Gasteiger partial charge in [0.1, 0.15) is 12.1 Å². The van der Waals surface area contributed by atoms with Crippen LogP contribution in [0.3, 0.4) is 0 Å². The highest BCUT2D eigenvalue weighted by Gasteiger charge is 2.09. The van der Waals surface area contributed by atoms with E-state index in [1.165, 1.54) is 30.2 Å². The molecule has 0 unspecified atom stereocenters. The minimum absolute atomic E-state index is 0.139. The highest BCUT2D eigenvalue weighted by Crippen LogP contribution is 2.22. The monoisotopic (exact) mass is 376 g/mol. The molecule has 0 saturated heterocycles. The maximum atomic E-state index is 12.9. The predicted molar refractivity (Wildman–Crippen MR) is 98.1 cm³/mol. The van der Waals surface area contributed by atoms with Gasteiger partial charge in [0, 0.05) is 11.3 Å². The average molecular weight is 377 g/mol. The van der Waals surface area contributed by atoms with Crippen molar-refractivity contribution in [1.29, 1.82) is 0 Å². The number of thioether (sulfide) groups is 1. The Morgan fingerprint density at radius 3 is 2.72 bits per heavy atom. The van der Waals surface area contributed by atoms with Crippen molar-refractivity contribution in [3.63, 3.8) is 0 Å². The molecule has 0 saturated carbocycles. The lowest BCUT2D eigenvalue weighted by Gasteiger charge is -2.06. The van der Waals surface area contributed by atoms with E-state index in [9.17, 15) is 9.18 Å². The van der Waals surface area contributed by atoms with Crippen LogP contribution in [0.1, 0.15) is 5.69 Å². The van der Waals surface area contributed by atoms with Gasteiger partial charge in [-0.25, -0.2) is 9.37 Å². The number of hydrogen-bond acceptors (Lipinski definition) is 4. The molecule has 1 N–H and O–H groups in total. The number of carbonyl (C=O) groups is 1. The molecule has 1 amide bonds. The summed E-state index contributed by atoms with van der Waals surface area (Å²) in [5.41, 5.74) is 2.01. The van der Waals surface area contributed by atoms with Crippen molar-refractivity contribution < 1.29 is 13.6 Å². The molecule has 3 aromatic rings. The molecule has 0 atom stereocenters. The normalized spacial score (nSPS) is 10.6. The molecule has 0 radical (unpaired) electrons. The third-order valence-corrected chi connectivity index (χ3v) is 4.57. The van der Waals surface area contributed by atoms with E-state index in [4.69, 9.17) is 16.0 Å². The quantitative estimate of drug-likeness (QED) is 0.657. The highest BCUT2D eigenvalue weighted by atomic mass is 35.5. The van der Waals surface area contributed by atoms with Gasteiger partial charge in [0.05, 0.1) is 22.2 Å². The maximum Gasteiger partial charge on any atom is 0.234 e. The fraction of sp³-hybridized carbons (Fsp3) is 0.111. The Balaban J connectivity index is 1.50. The molecule has 1 heterocycles. The number of aromatic nitrogens is 1. The third kappa shape index (κ3) is 4.84. The number of hydrogen-bond donors (Lipinski definition) is 1. The number of nitrogens with zero attached hydrogens (tertiary/aromatic N) is 1. The zero-order valence-corrected chi connectivity index (χ0v) is 14.6. The van der Waals surface area contributed by atoms with Crippen LogP contribution in [-0.2, 0) is 10.5 Å². The first-order valence-electron chi connectivity index (χ1n) is 7.44. The van der Waals surface area contributed by atoms with E-state index >= 15 is 0 Å². The number of anilines is 1. The van der Waals surface area contributed by atoms with E-state index in [1.807, 2.05) is 0 Å². The molecule has 0 bridgehead atoms. The van der Waals surface area contributed by atoms with Crippen molar-refractivity contribution in [1.82, 2.24) is 4.98 Å². The summed E-state index contributed by atoms with van der Waals surface area (Å²) in [5.74, 6) is 0.775. The topological polar surface area (TPSA) is 55.1 Å². The molecule has 25 heavy (non-hydrogen) atoms. The van der Waals surface area contributed by atoms with Crippen LogP contribution in [0.15, 0.2) is 59.2 Å². The Kier molecular flexibility index (Phi) is 5.73. The van der Waals surface area contributed by atoms with Crippen molar-refractivity contribution >= 4 is 35.0 Å². The first kappa shape index (κ1) is 17.5. The Morgan fingerprint density at radius 1 is 1.20 bits per heavy atom. The first-order valence-corrected chi connectivity index (χ1v) is 8.97. The van der Waals surface area contributed by atoms with Crippen LogP contribution < -0.4 is 5.32 Å². The van der Waals surface area contributed by atoms with E-state index < -0.39 is 0 Å². The molecule has 0 fully saturated rings. The highest BCUT2D eigenvalue weighted by molar-refractivity contribution is 7.99. The number of para-hydroxylation sites is 1. The molecule has 0 aliphatic carbocycles. The predicted octanol–water partition coefficient (Wildman–Crippen LogP) is 5.01. The maximum absolute atomic E-state index is 12.9. The zero-order valence-electron chi connectivity index (χ0n) is 13.0. The van der Waals surface area contributed by atoms with Crippen molar-refractivity contribution in [2.45, 2.75) is 5.75 Å². The summed E-state index contributed by atoms with van der Waals surface area (Å²) in [6.07, 6.45) is 1.54. The van der Waals surface area contributed by atoms with E-state index in [0.717, 1.165) is 5.69 Å². The minimum atomic E-state index is -0.310. The summed E-state index contributed by atoms with van der Waals surface area (Å²) in [4.78, 5) is 16.3. The second-order valence-corrected chi connectivity index (χ2v) is 6.56. The van der Waals surface area contributed by atoms with Crippen LogP contribution in [0.25, 0.3) is 11.5 Å². The molecule has 1 aromatic heterocycles. The summed E-state index contributed by atoms with van der Waals surface area (Å²) in [5, 5.41) is 3.26. The second-order valence-electron chi connectivity index (χ2n) is 5.17. The van der Waals surface area contributed by atoms with Gasteiger partial charge in [-0.3, -0.25) is 4.79 Å². The number of oxazole rings is 1. The van der Waals surface area contributed by atoms with Gasteiger partial charge in [0.2, 0.25) is 11.8 Å². The van der Waals surface area contributed by atoms with Gasteiger partial charge in [-0.15, -0.1) is 11.8 Å². The summed E-state index contributed by atoms with van der Waals surface area (Å²) in [6, 6.07) is 13.0. The van der Waals surface area contributed by atoms with Gasteiger partial charge in [-0.05, 0) is 36.4 Å². The molecule has 3 rings (SSSR count). The largest absolute Gasteiger partial charge is 0.444 e. The Bertz CT molecular complexity index is 868. The van der Waals surface area contributed by atoms with Crippen molar-refractivity contribution in [2.75, 3.05) is 11.1 Å². The van der Waals surface area contributed by atoms with E-state index in [-0.39, 0.29) is 17.5 Å². The SMILES string of the molecule is O=C(CSCc1coc(-c2ccc(F)cc2)n1)Nc1ccccc1Cl. The number of halogens is 2. The number of rotatable bonds is 6. The molecule has 7 heteroatoms. The lowest BCUT2D eigenvalue weighted by molar-refractivity contribution is -0.113. The van der Waals surface area contributed by atoms with Gasteiger partial charge in [-0.1, -0.05) is 23.7 Å². The van der Waals surface area contributed by atoms with Crippen LogP contribution in [0, 0.1) is 5.82 Å². The zero-order chi connectivity index (χ0) is 17.6. The lowest BCUT2D eigenvalue weighted by Crippen LogP contribution is -2.14. The van der Waals surface area contributed by atoms with E-state index in [1.54, 1.807) is 36.4 Å². The molecular formula is C18H14ClFN2O2S. The van der Waals surface area contributed by atoms with Crippen LogP contribution >= 0.6 is 23.4 Å². The van der Waals surface area contributed by atoms with Crippen molar-refractivity contribution in [2.24, 2.45) is 0 Å². The van der Waals surface area contributed by atoms with Crippen molar-refractivity contribution in [3.05, 3.63) is 71.3 Å². The molecule has 2 aromatic carbocycles. The number of benzene rings is 2. The average Bonchev–Trinajstić information content (AvgIpc) is 3.06. The van der Waals surface area contributed by atoms with Gasteiger partial charge < -0.3 is 9.73 Å². The Labute approximate surface area is 153 Å². The number of amides is 1. The molecule has 0 aliphatic heterocycles. The molecule has 4 nitrogen and oxygen atoms in total. The van der Waals surface area contributed by atoms with Gasteiger partial charge in [0.25, 0.3) is 0 Å². The standard InChI is InChI=1S/C18H14ClFN2O2S/c19-15-3-1-2-4-16(15)22-17(23)11-25-10-14-9-24-18(21-14)12-5-7-13(20)8-6-12/h1-9H,10-11H2,(H,22,23). The van der Waals surface area contributed by atoms with Crippen LogP contribution in [0.4, 0.5) is 10.1 Å². The molecular weight excluding hydrogens is 363 g/mol. The summed E-state index contributed by atoms with van der Waals surface area (Å²) in [6.45, 7) is 0. The molecule has 0 aliphatic rings. The third-order valence-electron chi connectivity index (χ3n) is 3.27. The Hall–Kier alpha value is -2.31. The van der Waals surface area contributed by atoms with E-state index in [2.05, 4.69) is 10.3 Å². The van der Waals surface area contributed by atoms with Crippen molar-refractivity contribution in [3.8, 4) is 11.5 Å². The number of nitrogens with one attached hydrogen (secondary N) is 1. The smallest absolute Gasteiger partial charge is 0.234 e. The van der Waals surface area contributed by atoms with Gasteiger partial charge >= 0.3 is 0 Å². The van der Waals surface area contributed by atoms with Crippen LogP contribution in [0.2, 0.25) is 5.02 Å². The number of carbonyl (C=O) groups excluding carboxylic acids is 1. The van der Waals surface area contributed by atoms with E-state index in [0.29, 0.717) is 27.9 Å². The summed E-state index contributed by atoms with van der Waals surface area (Å²) < 4.78 is 18.3. The van der Waals surface area contributed by atoms with Gasteiger partial charge in [0.15, 0.2) is 0 Å². The molecule has 128 valence electrons. The lowest BCUT2D eigenvalue weighted by atomic mass is 10.2. The summed E-state index contributed by atoms with van der Waals surface area (Å²) in [7, 11) is 0. The summed E-state index contributed by atoms with van der Waals surface area (Å²) >= 11 is 7.41. The molecule has 0 spiro atoms. The Morgan fingerprint density at radius 2 is 1.96 bits per heavy atom. The second kappa shape index (κ2) is 8.18. The minimum Gasteiger partial charge on any atom is -0.444 e. The first-order chi connectivity index (χ1) is 12.1. The van der Waals surface area contributed by atoms with Crippen LogP contribution in [0.5, 0.6) is 0 Å². The van der Waals surface area contributed by atoms with Gasteiger partial charge in [-0.2, -0.15) is 0 Å².